The molecule has 1 aliphatic carbocycles. The lowest BCUT2D eigenvalue weighted by Crippen LogP contribution is -2.15. The van der Waals surface area contributed by atoms with Crippen LogP contribution >= 0.6 is 22.7 Å². The molecule has 0 atom stereocenters. The smallest absolute Gasteiger partial charge is 0.274 e. The van der Waals surface area contributed by atoms with Crippen molar-refractivity contribution in [3.63, 3.8) is 0 Å². The van der Waals surface area contributed by atoms with Gasteiger partial charge in [0, 0.05) is 23.7 Å². The Morgan fingerprint density at radius 1 is 1.15 bits per heavy atom. The Balaban J connectivity index is 1.62. The van der Waals surface area contributed by atoms with E-state index in [2.05, 4.69) is 16.5 Å². The van der Waals surface area contributed by atoms with Gasteiger partial charge in [0.1, 0.15) is 15.7 Å². The van der Waals surface area contributed by atoms with Gasteiger partial charge in [-0.15, -0.1) is 22.7 Å². The third-order valence-electron chi connectivity index (χ3n) is 4.96. The summed E-state index contributed by atoms with van der Waals surface area (Å²) in [6.07, 6.45) is 6.18. The molecule has 5 nitrogen and oxygen atoms in total. The molecule has 1 amide bonds. The number of amides is 1. The fourth-order valence-electron chi connectivity index (χ4n) is 3.62. The minimum Gasteiger partial charge on any atom is -0.312 e. The molecule has 136 valence electrons. The lowest BCUT2D eigenvalue weighted by Gasteiger charge is -2.11. The summed E-state index contributed by atoms with van der Waals surface area (Å²) in [5.74, 6) is -0.129. The number of hydrogen-bond donors (Lipinski definition) is 1. The number of aromatic nitrogens is 3. The molecule has 27 heavy (non-hydrogen) atoms. The number of nitrogens with one attached hydrogen (secondary N) is 1. The van der Waals surface area contributed by atoms with Gasteiger partial charge in [-0.3, -0.25) is 9.48 Å². The minimum absolute atomic E-state index is 0.129. The molecule has 5 rings (SSSR count). The summed E-state index contributed by atoms with van der Waals surface area (Å²) in [6.45, 7) is 0. The minimum atomic E-state index is -0.129. The molecule has 0 radical (unpaired) electrons. The molecule has 0 fully saturated rings. The highest BCUT2D eigenvalue weighted by molar-refractivity contribution is 7.22. The van der Waals surface area contributed by atoms with Crippen LogP contribution in [-0.4, -0.2) is 20.7 Å². The van der Waals surface area contributed by atoms with Crippen LogP contribution in [0.5, 0.6) is 0 Å². The van der Waals surface area contributed by atoms with Gasteiger partial charge in [-0.05, 0) is 49.4 Å². The molecular weight excluding hydrogens is 376 g/mol. The molecule has 1 aliphatic rings. The summed E-state index contributed by atoms with van der Waals surface area (Å²) >= 11 is 3.40. The van der Waals surface area contributed by atoms with Crippen molar-refractivity contribution >= 4 is 43.8 Å². The summed E-state index contributed by atoms with van der Waals surface area (Å²) in [7, 11) is 1.78. The van der Waals surface area contributed by atoms with Crippen LogP contribution in [0.4, 0.5) is 5.00 Å². The Bertz CT molecular complexity index is 1120. The second-order valence-electron chi connectivity index (χ2n) is 6.70. The zero-order chi connectivity index (χ0) is 18.4. The molecule has 0 bridgehead atoms. The first-order chi connectivity index (χ1) is 13.2. The van der Waals surface area contributed by atoms with Crippen molar-refractivity contribution in [2.45, 2.75) is 25.7 Å². The number of aryl methyl sites for hydroxylation is 2. The first kappa shape index (κ1) is 16.6. The molecule has 0 spiro atoms. The van der Waals surface area contributed by atoms with Crippen LogP contribution in [0.2, 0.25) is 0 Å². The molecule has 0 aliphatic heterocycles. The fourth-order valence-corrected chi connectivity index (χ4v) is 6.02. The maximum Gasteiger partial charge on any atom is 0.274 e. The molecular formula is C20H18N4OS2. The van der Waals surface area contributed by atoms with Gasteiger partial charge in [0.25, 0.3) is 5.91 Å². The van der Waals surface area contributed by atoms with Crippen LogP contribution in [0.3, 0.4) is 0 Å². The second-order valence-corrected chi connectivity index (χ2v) is 8.83. The molecule has 4 aromatic rings. The number of carbonyl (C=O) groups excluding carboxylic acids is 1. The van der Waals surface area contributed by atoms with Gasteiger partial charge in [-0.1, -0.05) is 12.1 Å². The third-order valence-corrected chi connectivity index (χ3v) is 7.22. The SMILES string of the molecule is Cn1nccc1C(=O)Nc1sc2c(c1-c1nc3ccccc3s1)CCCC2. The normalized spacial score (nSPS) is 13.7. The summed E-state index contributed by atoms with van der Waals surface area (Å²) in [5.41, 5.74) is 4.05. The van der Waals surface area contributed by atoms with Crippen molar-refractivity contribution < 1.29 is 4.79 Å². The molecule has 3 heterocycles. The van der Waals surface area contributed by atoms with Crippen molar-refractivity contribution in [3.8, 4) is 10.6 Å². The Morgan fingerprint density at radius 3 is 2.81 bits per heavy atom. The summed E-state index contributed by atoms with van der Waals surface area (Å²) < 4.78 is 2.77. The highest BCUT2D eigenvalue weighted by atomic mass is 32.1. The molecule has 0 saturated carbocycles. The van der Waals surface area contributed by atoms with Crippen LogP contribution in [0.1, 0.15) is 33.8 Å². The lowest BCUT2D eigenvalue weighted by atomic mass is 9.96. The Morgan fingerprint density at radius 2 is 2.00 bits per heavy atom. The van der Waals surface area contributed by atoms with Gasteiger partial charge in [0.2, 0.25) is 0 Å². The van der Waals surface area contributed by atoms with E-state index in [1.807, 2.05) is 18.2 Å². The van der Waals surface area contributed by atoms with Crippen molar-refractivity contribution in [2.24, 2.45) is 7.05 Å². The standard InChI is InChI=1S/C20H18N4OS2/c1-24-14(10-11-21-24)18(25)23-20-17(12-6-2-4-8-15(12)26-20)19-22-13-7-3-5-9-16(13)27-19/h3,5,7,9-11H,2,4,6,8H2,1H3,(H,23,25). The van der Waals surface area contributed by atoms with Gasteiger partial charge in [0.05, 0.1) is 10.2 Å². The van der Waals surface area contributed by atoms with Crippen LogP contribution in [-0.2, 0) is 19.9 Å². The molecule has 7 heteroatoms. The maximum atomic E-state index is 12.8. The number of nitrogens with zero attached hydrogens (tertiary/aromatic N) is 3. The predicted molar refractivity (Wildman–Crippen MR) is 111 cm³/mol. The zero-order valence-corrected chi connectivity index (χ0v) is 16.5. The van der Waals surface area contributed by atoms with E-state index in [0.717, 1.165) is 33.9 Å². The molecule has 1 aromatic carbocycles. The van der Waals surface area contributed by atoms with Gasteiger partial charge < -0.3 is 5.32 Å². The van der Waals surface area contributed by atoms with E-state index in [4.69, 9.17) is 4.98 Å². The number of rotatable bonds is 3. The van der Waals surface area contributed by atoms with E-state index in [1.165, 1.54) is 28.0 Å². The van der Waals surface area contributed by atoms with E-state index < -0.39 is 0 Å². The van der Waals surface area contributed by atoms with Crippen molar-refractivity contribution in [2.75, 3.05) is 5.32 Å². The van der Waals surface area contributed by atoms with Crippen LogP contribution in [0, 0.1) is 0 Å². The van der Waals surface area contributed by atoms with E-state index in [9.17, 15) is 4.79 Å². The maximum absolute atomic E-state index is 12.8. The summed E-state index contributed by atoms with van der Waals surface area (Å²) in [5, 5.41) is 9.15. The van der Waals surface area contributed by atoms with E-state index in [-0.39, 0.29) is 5.91 Å². The number of para-hydroxylation sites is 1. The third kappa shape index (κ3) is 2.87. The van der Waals surface area contributed by atoms with Crippen LogP contribution in [0.25, 0.3) is 20.8 Å². The quantitative estimate of drug-likeness (QED) is 0.538. The Hall–Kier alpha value is -2.51. The topological polar surface area (TPSA) is 59.8 Å². The fraction of sp³-hybridized carbons (Fsp3) is 0.250. The highest BCUT2D eigenvalue weighted by Gasteiger charge is 2.25. The first-order valence-electron chi connectivity index (χ1n) is 9.00. The largest absolute Gasteiger partial charge is 0.312 e. The number of thiazole rings is 1. The lowest BCUT2D eigenvalue weighted by molar-refractivity contribution is 0.101. The predicted octanol–water partition coefficient (Wildman–Crippen LogP) is 4.89. The number of anilines is 1. The van der Waals surface area contributed by atoms with Gasteiger partial charge in [-0.25, -0.2) is 4.98 Å². The first-order valence-corrected chi connectivity index (χ1v) is 10.6. The van der Waals surface area contributed by atoms with E-state index >= 15 is 0 Å². The number of carbonyl (C=O) groups is 1. The molecule has 1 N–H and O–H groups in total. The van der Waals surface area contributed by atoms with Crippen LogP contribution in [0.15, 0.2) is 36.5 Å². The molecule has 0 saturated heterocycles. The van der Waals surface area contributed by atoms with Crippen molar-refractivity contribution in [1.82, 2.24) is 14.8 Å². The van der Waals surface area contributed by atoms with Crippen molar-refractivity contribution in [1.29, 1.82) is 0 Å². The van der Waals surface area contributed by atoms with E-state index in [1.54, 1.807) is 46.7 Å². The number of benzene rings is 1. The average Bonchev–Trinajstić information content (AvgIpc) is 3.36. The monoisotopic (exact) mass is 394 g/mol. The molecule has 3 aromatic heterocycles. The summed E-state index contributed by atoms with van der Waals surface area (Å²) in [6, 6.07) is 9.93. The second kappa shape index (κ2) is 6.58. The average molecular weight is 395 g/mol. The number of hydrogen-bond acceptors (Lipinski definition) is 5. The Labute approximate surface area is 164 Å². The summed E-state index contributed by atoms with van der Waals surface area (Å²) in [4.78, 5) is 19.0. The molecule has 0 unspecified atom stereocenters. The Kier molecular flexibility index (Phi) is 4.06. The zero-order valence-electron chi connectivity index (χ0n) is 14.9. The van der Waals surface area contributed by atoms with Gasteiger partial charge >= 0.3 is 0 Å². The van der Waals surface area contributed by atoms with Crippen molar-refractivity contribution in [3.05, 3.63) is 52.7 Å². The van der Waals surface area contributed by atoms with Gasteiger partial charge in [-0.2, -0.15) is 5.10 Å². The highest BCUT2D eigenvalue weighted by Crippen LogP contribution is 2.46. The van der Waals surface area contributed by atoms with Gasteiger partial charge in [0.15, 0.2) is 0 Å². The van der Waals surface area contributed by atoms with Crippen LogP contribution < -0.4 is 5.32 Å². The number of thiophene rings is 1. The van der Waals surface area contributed by atoms with E-state index in [0.29, 0.717) is 5.69 Å². The number of fused-ring (bicyclic) bond motifs is 2.